The van der Waals surface area contributed by atoms with Crippen LogP contribution >= 0.6 is 11.8 Å². The maximum Gasteiger partial charge on any atom is 0.329 e. The van der Waals surface area contributed by atoms with Gasteiger partial charge in [0.25, 0.3) is 5.56 Å². The number of Topliss-reactive ketones (excluding diaryl/α,β-unsaturated/α-hetero) is 1. The van der Waals surface area contributed by atoms with Crippen LogP contribution < -0.4 is 11.2 Å². The SMILES string of the molecule is CC(=O)Cn1c(=O)cc(SC(C)C)[nH]c1=O. The summed E-state index contributed by atoms with van der Waals surface area (Å²) in [6.45, 7) is 5.08. The fourth-order valence-corrected chi connectivity index (χ4v) is 2.01. The minimum Gasteiger partial charge on any atom is -0.302 e. The Morgan fingerprint density at radius 2 is 2.12 bits per heavy atom. The zero-order chi connectivity index (χ0) is 12.3. The summed E-state index contributed by atoms with van der Waals surface area (Å²) in [6, 6.07) is 1.34. The molecule has 1 aromatic heterocycles. The summed E-state index contributed by atoms with van der Waals surface area (Å²) >= 11 is 1.40. The van der Waals surface area contributed by atoms with E-state index in [0.29, 0.717) is 5.03 Å². The summed E-state index contributed by atoms with van der Waals surface area (Å²) in [7, 11) is 0. The fourth-order valence-electron chi connectivity index (χ4n) is 1.19. The molecule has 0 saturated carbocycles. The van der Waals surface area contributed by atoms with Crippen LogP contribution in [0.5, 0.6) is 0 Å². The number of hydrogen-bond acceptors (Lipinski definition) is 4. The van der Waals surface area contributed by atoms with Crippen molar-refractivity contribution < 1.29 is 4.79 Å². The van der Waals surface area contributed by atoms with Crippen LogP contribution in [-0.4, -0.2) is 20.6 Å². The second kappa shape index (κ2) is 5.16. The van der Waals surface area contributed by atoms with E-state index in [4.69, 9.17) is 0 Å². The molecular weight excluding hydrogens is 228 g/mol. The van der Waals surface area contributed by atoms with Crippen LogP contribution in [0, 0.1) is 0 Å². The van der Waals surface area contributed by atoms with Crippen LogP contribution in [0.15, 0.2) is 20.7 Å². The highest BCUT2D eigenvalue weighted by molar-refractivity contribution is 7.99. The third-order valence-electron chi connectivity index (χ3n) is 1.74. The molecule has 1 rings (SSSR count). The van der Waals surface area contributed by atoms with Crippen molar-refractivity contribution in [1.82, 2.24) is 9.55 Å². The first-order chi connectivity index (χ1) is 7.40. The van der Waals surface area contributed by atoms with Crippen molar-refractivity contribution in [3.63, 3.8) is 0 Å². The van der Waals surface area contributed by atoms with Gasteiger partial charge >= 0.3 is 5.69 Å². The van der Waals surface area contributed by atoms with Gasteiger partial charge in [0.2, 0.25) is 0 Å². The molecule has 0 saturated heterocycles. The van der Waals surface area contributed by atoms with Gasteiger partial charge in [-0.1, -0.05) is 13.8 Å². The van der Waals surface area contributed by atoms with Crippen molar-refractivity contribution in [1.29, 1.82) is 0 Å². The molecule has 0 atom stereocenters. The lowest BCUT2D eigenvalue weighted by Crippen LogP contribution is -2.36. The highest BCUT2D eigenvalue weighted by Crippen LogP contribution is 2.17. The van der Waals surface area contributed by atoms with E-state index in [1.165, 1.54) is 24.8 Å². The lowest BCUT2D eigenvalue weighted by Gasteiger charge is -2.06. The smallest absolute Gasteiger partial charge is 0.302 e. The number of ketones is 1. The van der Waals surface area contributed by atoms with E-state index in [1.807, 2.05) is 13.8 Å². The molecule has 0 radical (unpaired) electrons. The van der Waals surface area contributed by atoms with E-state index >= 15 is 0 Å². The van der Waals surface area contributed by atoms with E-state index in [0.717, 1.165) is 4.57 Å². The van der Waals surface area contributed by atoms with Crippen molar-refractivity contribution in [2.24, 2.45) is 0 Å². The molecule has 0 aliphatic heterocycles. The van der Waals surface area contributed by atoms with Crippen molar-refractivity contribution in [2.75, 3.05) is 0 Å². The monoisotopic (exact) mass is 242 g/mol. The number of carbonyl (C=O) groups excluding carboxylic acids is 1. The van der Waals surface area contributed by atoms with E-state index in [1.54, 1.807) is 0 Å². The maximum atomic E-state index is 11.6. The molecule has 6 heteroatoms. The molecule has 16 heavy (non-hydrogen) atoms. The standard InChI is InChI=1S/C10H14N2O3S/c1-6(2)16-8-4-9(14)12(5-7(3)13)10(15)11-8/h4,6H,5H2,1-3H3,(H,11,15). The van der Waals surface area contributed by atoms with Crippen LogP contribution in [-0.2, 0) is 11.3 Å². The first kappa shape index (κ1) is 12.8. The molecule has 0 fully saturated rings. The van der Waals surface area contributed by atoms with Crippen molar-refractivity contribution in [3.8, 4) is 0 Å². The number of H-pyrrole nitrogens is 1. The molecule has 0 spiro atoms. The fraction of sp³-hybridized carbons (Fsp3) is 0.500. The quantitative estimate of drug-likeness (QED) is 0.621. The molecule has 1 heterocycles. The van der Waals surface area contributed by atoms with Crippen molar-refractivity contribution >= 4 is 17.5 Å². The van der Waals surface area contributed by atoms with Crippen LogP contribution in [0.4, 0.5) is 0 Å². The third kappa shape index (κ3) is 3.37. The Morgan fingerprint density at radius 3 is 2.56 bits per heavy atom. The Balaban J connectivity index is 3.13. The maximum absolute atomic E-state index is 11.6. The number of carbonyl (C=O) groups is 1. The normalized spacial score (nSPS) is 10.8. The minimum absolute atomic E-state index is 0.180. The molecule has 88 valence electrons. The van der Waals surface area contributed by atoms with Crippen LogP contribution in [0.2, 0.25) is 0 Å². The Labute approximate surface area is 96.9 Å². The molecule has 0 amide bonds. The Hall–Kier alpha value is -1.30. The second-order valence-electron chi connectivity index (χ2n) is 3.73. The summed E-state index contributed by atoms with van der Waals surface area (Å²) in [5.41, 5.74) is -0.979. The van der Waals surface area contributed by atoms with Gasteiger partial charge in [-0.05, 0) is 6.92 Å². The van der Waals surface area contributed by atoms with Gasteiger partial charge in [0.1, 0.15) is 5.78 Å². The van der Waals surface area contributed by atoms with Gasteiger partial charge in [0, 0.05) is 11.3 Å². The summed E-state index contributed by atoms with van der Waals surface area (Å²) in [6.07, 6.45) is 0. The van der Waals surface area contributed by atoms with Gasteiger partial charge in [-0.3, -0.25) is 14.2 Å². The Kier molecular flexibility index (Phi) is 4.12. The predicted octanol–water partition coefficient (Wildman–Crippen LogP) is 0.626. The summed E-state index contributed by atoms with van der Waals surface area (Å²) < 4.78 is 0.896. The van der Waals surface area contributed by atoms with E-state index < -0.39 is 11.2 Å². The second-order valence-corrected chi connectivity index (χ2v) is 5.35. The highest BCUT2D eigenvalue weighted by Gasteiger charge is 2.07. The Bertz CT molecular complexity index is 470. The third-order valence-corrected chi connectivity index (χ3v) is 2.68. The molecule has 0 aliphatic carbocycles. The number of nitrogens with zero attached hydrogens (tertiary/aromatic N) is 1. The zero-order valence-corrected chi connectivity index (χ0v) is 10.3. The number of thioether (sulfide) groups is 1. The van der Waals surface area contributed by atoms with E-state index in [2.05, 4.69) is 4.98 Å². The van der Waals surface area contributed by atoms with Gasteiger partial charge in [0.15, 0.2) is 0 Å². The van der Waals surface area contributed by atoms with E-state index in [-0.39, 0.29) is 17.6 Å². The van der Waals surface area contributed by atoms with Crippen molar-refractivity contribution in [2.45, 2.75) is 37.6 Å². The van der Waals surface area contributed by atoms with Crippen molar-refractivity contribution in [3.05, 3.63) is 26.9 Å². The zero-order valence-electron chi connectivity index (χ0n) is 9.44. The largest absolute Gasteiger partial charge is 0.329 e. The Morgan fingerprint density at radius 1 is 1.50 bits per heavy atom. The van der Waals surface area contributed by atoms with Gasteiger partial charge in [-0.25, -0.2) is 4.79 Å². The highest BCUT2D eigenvalue weighted by atomic mass is 32.2. The van der Waals surface area contributed by atoms with E-state index in [9.17, 15) is 14.4 Å². The first-order valence-electron chi connectivity index (χ1n) is 4.90. The number of hydrogen-bond donors (Lipinski definition) is 1. The van der Waals surface area contributed by atoms with Crippen LogP contribution in [0.1, 0.15) is 20.8 Å². The molecule has 1 N–H and O–H groups in total. The molecule has 0 aromatic carbocycles. The first-order valence-corrected chi connectivity index (χ1v) is 5.78. The lowest BCUT2D eigenvalue weighted by atomic mass is 10.4. The molecule has 0 unspecified atom stereocenters. The number of aromatic nitrogens is 2. The van der Waals surface area contributed by atoms with Gasteiger partial charge in [-0.15, -0.1) is 11.8 Å². The molecule has 1 aromatic rings. The summed E-state index contributed by atoms with van der Waals surface area (Å²) in [5.74, 6) is -0.225. The lowest BCUT2D eigenvalue weighted by molar-refractivity contribution is -0.117. The number of aromatic amines is 1. The van der Waals surface area contributed by atoms with Gasteiger partial charge in [0.05, 0.1) is 11.6 Å². The topological polar surface area (TPSA) is 71.9 Å². The average Bonchev–Trinajstić information content (AvgIpc) is 2.10. The molecule has 5 nitrogen and oxygen atoms in total. The molecular formula is C10H14N2O3S. The summed E-state index contributed by atoms with van der Waals surface area (Å²) in [4.78, 5) is 36.5. The average molecular weight is 242 g/mol. The molecule has 0 aliphatic rings. The number of rotatable bonds is 4. The van der Waals surface area contributed by atoms with Crippen LogP contribution in [0.3, 0.4) is 0 Å². The van der Waals surface area contributed by atoms with Gasteiger partial charge in [-0.2, -0.15) is 0 Å². The predicted molar refractivity (Wildman–Crippen MR) is 63.0 cm³/mol. The molecule has 0 bridgehead atoms. The number of nitrogens with one attached hydrogen (secondary N) is 1. The minimum atomic E-state index is -0.536. The van der Waals surface area contributed by atoms with Gasteiger partial charge < -0.3 is 4.98 Å². The summed E-state index contributed by atoms with van der Waals surface area (Å²) in [5, 5.41) is 0.809. The van der Waals surface area contributed by atoms with Crippen LogP contribution in [0.25, 0.3) is 0 Å².